The van der Waals surface area contributed by atoms with Gasteiger partial charge in [0.1, 0.15) is 0 Å². The van der Waals surface area contributed by atoms with E-state index in [1.807, 2.05) is 0 Å². The van der Waals surface area contributed by atoms with Crippen LogP contribution in [-0.2, 0) is 0 Å². The first-order valence-electron chi connectivity index (χ1n) is 4.90. The Morgan fingerprint density at radius 1 is 1.14 bits per heavy atom. The number of hydrogen-bond donors (Lipinski definition) is 0. The Labute approximate surface area is 97.5 Å². The number of hydrogen-bond acceptors (Lipinski definition) is 0. The topological polar surface area (TPSA) is 0 Å². The fraction of sp³-hybridized carbons (Fsp3) is 0.385. The third-order valence-electron chi connectivity index (χ3n) is 1.66. The Hall–Kier alpha value is -0.250. The molecule has 0 amide bonds. The summed E-state index contributed by atoms with van der Waals surface area (Å²) in [5, 5.41) is 0. The van der Waals surface area contributed by atoms with Crippen LogP contribution < -0.4 is 3.61 Å². The third-order valence-corrected chi connectivity index (χ3v) is 4.36. The van der Waals surface area contributed by atoms with Crippen molar-refractivity contribution in [2.24, 2.45) is 5.41 Å². The molecule has 14 heavy (non-hydrogen) atoms. The van der Waals surface area contributed by atoms with Crippen molar-refractivity contribution in [1.29, 1.82) is 0 Å². The summed E-state index contributed by atoms with van der Waals surface area (Å²) in [6, 6.07) is 10.8. The van der Waals surface area contributed by atoms with Gasteiger partial charge in [0.05, 0.1) is 0 Å². The van der Waals surface area contributed by atoms with Crippen molar-refractivity contribution >= 4 is 24.5 Å². The van der Waals surface area contributed by atoms with Crippen molar-refractivity contribution in [1.82, 2.24) is 0 Å². The summed E-state index contributed by atoms with van der Waals surface area (Å²) < 4.78 is 3.10. The molecule has 0 aliphatic rings. The van der Waals surface area contributed by atoms with Crippen molar-refractivity contribution in [3.63, 3.8) is 0 Å². The summed E-state index contributed by atoms with van der Waals surface area (Å²) in [6.07, 6.45) is 2.40. The van der Waals surface area contributed by atoms with Gasteiger partial charge in [-0.05, 0) is 0 Å². The predicted octanol–water partition coefficient (Wildman–Crippen LogP) is 2.97. The molecule has 0 spiro atoms. The van der Waals surface area contributed by atoms with Crippen molar-refractivity contribution in [3.8, 4) is 0 Å². The zero-order valence-electron chi connectivity index (χ0n) is 9.37. The Balaban J connectivity index is 2.67. The molecular weight excluding hydrogens is 284 g/mol. The second-order valence-corrected chi connectivity index (χ2v) is 8.30. The monoisotopic (exact) mass is 304 g/mol. The first-order chi connectivity index (χ1) is 6.47. The van der Waals surface area contributed by atoms with Crippen LogP contribution in [0.2, 0.25) is 0 Å². The molecule has 0 atom stereocenters. The van der Waals surface area contributed by atoms with Crippen LogP contribution in [0.15, 0.2) is 40.0 Å². The molecule has 0 N–H and O–H groups in total. The van der Waals surface area contributed by atoms with Crippen LogP contribution in [0.3, 0.4) is 0 Å². The number of rotatable bonds is 2. The molecule has 0 bridgehead atoms. The van der Waals surface area contributed by atoms with Gasteiger partial charge >= 0.3 is 97.7 Å². The summed E-state index contributed by atoms with van der Waals surface area (Å²) in [5.41, 5.74) is 0.323. The molecule has 1 aromatic carbocycles. The minimum atomic E-state index is -0.124. The van der Waals surface area contributed by atoms with Crippen molar-refractivity contribution in [2.75, 3.05) is 0 Å². The standard InChI is InChI=1S/C13H18Te/c1-11(10-13(2,3)4)14-12-8-6-5-7-9-12/h5-10H,1-4H3/b11-10-. The van der Waals surface area contributed by atoms with Gasteiger partial charge in [-0.25, -0.2) is 0 Å². The van der Waals surface area contributed by atoms with E-state index in [1.54, 1.807) is 3.62 Å². The average molecular weight is 302 g/mol. The molecule has 1 heteroatoms. The van der Waals surface area contributed by atoms with Crippen LogP contribution in [0.4, 0.5) is 0 Å². The summed E-state index contributed by atoms with van der Waals surface area (Å²) >= 11 is -0.124. The fourth-order valence-electron chi connectivity index (χ4n) is 1.31. The minimum absolute atomic E-state index is 0.124. The van der Waals surface area contributed by atoms with Crippen molar-refractivity contribution in [3.05, 3.63) is 40.0 Å². The maximum absolute atomic E-state index is 2.40. The SMILES string of the molecule is C/C(=C/C(C)(C)C)[Te]c1ccccc1. The Morgan fingerprint density at radius 3 is 2.21 bits per heavy atom. The predicted molar refractivity (Wildman–Crippen MR) is 65.0 cm³/mol. The molecule has 0 saturated heterocycles. The van der Waals surface area contributed by atoms with E-state index in [1.165, 1.54) is 3.61 Å². The van der Waals surface area contributed by atoms with Gasteiger partial charge in [-0.3, -0.25) is 0 Å². The van der Waals surface area contributed by atoms with E-state index >= 15 is 0 Å². The first kappa shape index (κ1) is 11.8. The van der Waals surface area contributed by atoms with Gasteiger partial charge in [-0.15, -0.1) is 0 Å². The van der Waals surface area contributed by atoms with E-state index in [0.717, 1.165) is 0 Å². The molecule has 0 aliphatic carbocycles. The molecule has 0 unspecified atom stereocenters. The number of allylic oxidation sites excluding steroid dienone is 2. The number of benzene rings is 1. The van der Waals surface area contributed by atoms with E-state index in [2.05, 4.69) is 64.1 Å². The molecule has 0 nitrogen and oxygen atoms in total. The van der Waals surface area contributed by atoms with E-state index in [9.17, 15) is 0 Å². The molecule has 76 valence electrons. The van der Waals surface area contributed by atoms with Gasteiger partial charge in [-0.1, -0.05) is 0 Å². The fourth-order valence-corrected chi connectivity index (χ4v) is 4.39. The second-order valence-electron chi connectivity index (χ2n) is 4.54. The summed E-state index contributed by atoms with van der Waals surface area (Å²) in [5.74, 6) is 0. The summed E-state index contributed by atoms with van der Waals surface area (Å²) in [6.45, 7) is 9.04. The Bertz CT molecular complexity index is 304. The zero-order chi connectivity index (χ0) is 10.6. The molecule has 0 aliphatic heterocycles. The van der Waals surface area contributed by atoms with Gasteiger partial charge in [0.25, 0.3) is 0 Å². The van der Waals surface area contributed by atoms with Crippen LogP contribution >= 0.6 is 0 Å². The van der Waals surface area contributed by atoms with Crippen LogP contribution in [0.25, 0.3) is 0 Å². The van der Waals surface area contributed by atoms with E-state index in [0.29, 0.717) is 5.41 Å². The van der Waals surface area contributed by atoms with Gasteiger partial charge in [0, 0.05) is 0 Å². The van der Waals surface area contributed by atoms with Crippen molar-refractivity contribution < 1.29 is 0 Å². The van der Waals surface area contributed by atoms with E-state index in [-0.39, 0.29) is 20.9 Å². The molecule has 0 saturated carbocycles. The Kier molecular flexibility index (Phi) is 4.23. The molecule has 1 aromatic rings. The Morgan fingerprint density at radius 2 is 1.71 bits per heavy atom. The maximum atomic E-state index is 2.40. The van der Waals surface area contributed by atoms with E-state index < -0.39 is 0 Å². The zero-order valence-corrected chi connectivity index (χ0v) is 11.7. The summed E-state index contributed by atoms with van der Waals surface area (Å²) in [7, 11) is 0. The molecule has 0 heterocycles. The molecule has 0 aromatic heterocycles. The van der Waals surface area contributed by atoms with Gasteiger partial charge in [0.15, 0.2) is 0 Å². The molecule has 0 fully saturated rings. The van der Waals surface area contributed by atoms with Crippen LogP contribution in [-0.4, -0.2) is 20.9 Å². The van der Waals surface area contributed by atoms with Gasteiger partial charge < -0.3 is 0 Å². The van der Waals surface area contributed by atoms with E-state index in [4.69, 9.17) is 0 Å². The van der Waals surface area contributed by atoms with Crippen LogP contribution in [0.5, 0.6) is 0 Å². The van der Waals surface area contributed by atoms with Gasteiger partial charge in [-0.2, -0.15) is 0 Å². The van der Waals surface area contributed by atoms with Crippen LogP contribution in [0.1, 0.15) is 27.7 Å². The molecular formula is C13H18Te. The molecule has 1 rings (SSSR count). The average Bonchev–Trinajstić information content (AvgIpc) is 2.02. The summed E-state index contributed by atoms with van der Waals surface area (Å²) in [4.78, 5) is 0. The quantitative estimate of drug-likeness (QED) is 0.737. The van der Waals surface area contributed by atoms with Crippen LogP contribution in [0, 0.1) is 5.41 Å². The molecule has 0 radical (unpaired) electrons. The first-order valence-corrected chi connectivity index (χ1v) is 7.23. The van der Waals surface area contributed by atoms with Crippen molar-refractivity contribution in [2.45, 2.75) is 27.7 Å². The normalized spacial score (nSPS) is 13.0. The third kappa shape index (κ3) is 4.84. The van der Waals surface area contributed by atoms with Gasteiger partial charge in [0.2, 0.25) is 0 Å². The second kappa shape index (κ2) is 5.01.